The highest BCUT2D eigenvalue weighted by molar-refractivity contribution is 6.74. The van der Waals surface area contributed by atoms with Gasteiger partial charge in [-0.05, 0) is 216 Å². The molecule has 1 aliphatic heterocycles. The van der Waals surface area contributed by atoms with Crippen LogP contribution in [0.5, 0.6) is 40.2 Å². The molecule has 0 unspecified atom stereocenters. The molecular weight excluding hydrogens is 1540 g/mol. The molecular formula is C92H76F7N11O9. The van der Waals surface area contributed by atoms with Crippen molar-refractivity contribution in [1.29, 1.82) is 0 Å². The van der Waals surface area contributed by atoms with Gasteiger partial charge in [-0.15, -0.1) is 5.10 Å². The van der Waals surface area contributed by atoms with Crippen molar-refractivity contribution in [2.75, 3.05) is 13.7 Å². The molecule has 0 atom stereocenters. The second-order valence-corrected chi connectivity index (χ2v) is 28.3. The number of Topliss-reactive ketones (excluding diaryl/α,β-unsaturated/α-hetero) is 4. The number of benzene rings is 6. The maximum absolute atomic E-state index is 15.1. The van der Waals surface area contributed by atoms with Crippen LogP contribution in [0.25, 0.3) is 60.9 Å². The molecule has 0 fully saturated rings. The van der Waals surface area contributed by atoms with Crippen molar-refractivity contribution in [2.45, 2.75) is 101 Å². The van der Waals surface area contributed by atoms with Crippen molar-refractivity contribution in [3.8, 4) is 62.5 Å². The van der Waals surface area contributed by atoms with Crippen molar-refractivity contribution >= 4 is 67.5 Å². The normalized spacial score (nSPS) is 11.9. The van der Waals surface area contributed by atoms with Gasteiger partial charge in [0.2, 0.25) is 11.2 Å². The first-order valence-electron chi connectivity index (χ1n) is 38.0. The summed E-state index contributed by atoms with van der Waals surface area (Å²) in [7, 11) is -1.00. The number of aliphatic imine (C=N–C) groups is 1. The first kappa shape index (κ1) is 82.7. The lowest BCUT2D eigenvalue weighted by Crippen LogP contribution is -2.30. The summed E-state index contributed by atoms with van der Waals surface area (Å²) in [6.07, 6.45) is 8.85. The number of rotatable bonds is 21. The lowest BCUT2D eigenvalue weighted by Gasteiger charge is -2.18. The van der Waals surface area contributed by atoms with E-state index < -0.39 is 64.8 Å². The molecule has 0 saturated carbocycles. The van der Waals surface area contributed by atoms with E-state index in [2.05, 4.69) is 50.2 Å². The number of alkyl halides is 1. The number of ether oxygens (including phenoxy) is 4. The number of hydrogen-bond acceptors (Lipinski definition) is 19. The highest BCUT2D eigenvalue weighted by Gasteiger charge is 2.31. The Morgan fingerprint density at radius 1 is 0.462 bits per heavy atom. The van der Waals surface area contributed by atoms with Crippen LogP contribution in [0.1, 0.15) is 113 Å². The first-order chi connectivity index (χ1) is 57.5. The van der Waals surface area contributed by atoms with Gasteiger partial charge in [-0.1, -0.05) is 54.6 Å². The maximum atomic E-state index is 15.1. The number of pyridine rings is 6. The standard InChI is InChI=1S/2C31H26F2N4O3.C29H21F2N3O3.CH3F/c1-17(2)37-19(4)28(21-6-8-22(32)9-7-21)31(39)30(36-37)25(38)15-20-5-10-26(23(33)14-20)40-27-11-12-34-24-13-18(3)16-35-29(24)27;1-17(2)39-31-28(21-6-8-22(32)9-7-21)19(4)36-37-30(31)25(38)15-20-5-10-26(23(33)14-20)40-27-11-12-34-24-13-18(3)16-35-29(24)27;1-16-11-22-27(33-14-16)25(9-10-32-22)37-24-8-3-18(12-21(24)31)13-23(35)28-29(36)26(17(2)15-34-28)19-4-6-20(30)7-5-19;1-2/h2*5-14,16-17H,15H2,1-4H3;3-12,14H,13,15H2,1-2H3;1H3/i;;;1D. The molecule has 0 amide bonds. The zero-order valence-electron chi connectivity index (χ0n) is 67.0. The van der Waals surface area contributed by atoms with Crippen LogP contribution in [0, 0.1) is 69.5 Å². The highest BCUT2D eigenvalue weighted by atomic mass is 19.2. The quantitative estimate of drug-likeness (QED) is 0.0478. The predicted octanol–water partition coefficient (Wildman–Crippen LogP) is 19.7. The molecule has 14 aromatic rings. The Morgan fingerprint density at radius 2 is 0.849 bits per heavy atom. The first-order valence-corrected chi connectivity index (χ1v) is 37.2. The molecule has 0 aliphatic carbocycles. The van der Waals surface area contributed by atoms with E-state index in [1.165, 1.54) is 97.1 Å². The molecule has 6 aromatic carbocycles. The van der Waals surface area contributed by atoms with E-state index in [0.717, 1.165) is 16.7 Å². The number of halogens is 7. The van der Waals surface area contributed by atoms with Crippen LogP contribution in [-0.4, -0.2) is 98.5 Å². The van der Waals surface area contributed by atoms with Crippen molar-refractivity contribution in [3.63, 3.8) is 0 Å². The lowest BCUT2D eigenvalue weighted by atomic mass is 9.89. The number of ketones is 4. The monoisotopic (exact) mass is 1610 g/mol. The molecule has 8 aromatic heterocycles. The van der Waals surface area contributed by atoms with Gasteiger partial charge in [-0.3, -0.25) is 67.9 Å². The van der Waals surface area contributed by atoms with Crippen LogP contribution in [0.15, 0.2) is 216 Å². The summed E-state index contributed by atoms with van der Waals surface area (Å²) in [4.78, 5) is 96.3. The van der Waals surface area contributed by atoms with E-state index in [1.54, 1.807) is 111 Å². The van der Waals surface area contributed by atoms with Crippen LogP contribution in [0.4, 0.5) is 30.7 Å². The number of dihydropyridines is 1. The summed E-state index contributed by atoms with van der Waals surface area (Å²) >= 11 is 0. The summed E-state index contributed by atoms with van der Waals surface area (Å²) in [5, 5.41) is 12.7. The van der Waals surface area contributed by atoms with Crippen LogP contribution >= 0.6 is 0 Å². The summed E-state index contributed by atoms with van der Waals surface area (Å²) in [5.74, 6) is -3.99. The van der Waals surface area contributed by atoms with Crippen LogP contribution < -0.4 is 24.4 Å². The fraction of sp³-hybridized carbons (Fsp3) is 0.185. The van der Waals surface area contributed by atoms with E-state index in [0.29, 0.717) is 112 Å². The molecule has 9 heterocycles. The van der Waals surface area contributed by atoms with Gasteiger partial charge >= 0.3 is 0 Å². The summed E-state index contributed by atoms with van der Waals surface area (Å²) in [5.41, 5.74) is 10.9. The second kappa shape index (κ2) is 37.1. The summed E-state index contributed by atoms with van der Waals surface area (Å²) in [6, 6.07) is 39.8. The minimum absolute atomic E-state index is 0.0105. The Kier molecular flexibility index (Phi) is 25.8. The van der Waals surface area contributed by atoms with Gasteiger partial charge < -0.3 is 18.9 Å². The molecule has 0 radical (unpaired) electrons. The third kappa shape index (κ3) is 19.7. The third-order valence-electron chi connectivity index (χ3n) is 18.6. The topological polar surface area (TPSA) is 256 Å². The van der Waals surface area contributed by atoms with E-state index in [9.17, 15) is 45.9 Å². The molecule has 0 bridgehead atoms. The predicted molar refractivity (Wildman–Crippen MR) is 437 cm³/mol. The number of carbonyl (C=O) groups is 4. The smallest absolute Gasteiger partial charge is 0.219 e. The Morgan fingerprint density at radius 3 is 1.24 bits per heavy atom. The second-order valence-electron chi connectivity index (χ2n) is 28.3. The number of fused-ring (bicyclic) bond motifs is 3. The molecule has 1 aliphatic rings. The fourth-order valence-corrected chi connectivity index (χ4v) is 13.1. The van der Waals surface area contributed by atoms with Crippen molar-refractivity contribution < 1.29 is 70.2 Å². The lowest BCUT2D eigenvalue weighted by molar-refractivity contribution is -0.114. The maximum Gasteiger partial charge on any atom is 0.219 e. The zero-order valence-corrected chi connectivity index (χ0v) is 66.0. The summed E-state index contributed by atoms with van der Waals surface area (Å²) < 4.78 is 126. The Balaban J connectivity index is 0.000000162. The van der Waals surface area contributed by atoms with Gasteiger partial charge in [0.25, 0.3) is 0 Å². The van der Waals surface area contributed by atoms with Gasteiger partial charge in [0.1, 0.15) is 39.7 Å². The van der Waals surface area contributed by atoms with Crippen LogP contribution in [-0.2, 0) is 28.9 Å². The fourth-order valence-electron chi connectivity index (χ4n) is 13.1. The minimum Gasteiger partial charge on any atom is -0.488 e. The molecule has 602 valence electrons. The Bertz CT molecular complexity index is 6410. The number of hydrogen-bond donors (Lipinski definition) is 0. The molecule has 0 saturated heterocycles. The van der Waals surface area contributed by atoms with Gasteiger partial charge in [-0.2, -0.15) is 10.2 Å². The van der Waals surface area contributed by atoms with E-state index in [4.69, 9.17) is 20.3 Å². The third-order valence-corrected chi connectivity index (χ3v) is 18.6. The average molecular weight is 1610 g/mol. The number of nitrogens with zero attached hydrogens (tertiary/aromatic N) is 11. The number of aryl methyl sites for hydroxylation is 4. The molecule has 0 N–H and O–H groups in total. The minimum atomic E-state index is -1.00. The van der Waals surface area contributed by atoms with Crippen LogP contribution in [0.2, 0.25) is 0 Å². The van der Waals surface area contributed by atoms with Gasteiger partial charge in [0.15, 0.2) is 86.4 Å². The molecule has 15 rings (SSSR count). The van der Waals surface area contributed by atoms with Gasteiger partial charge in [0, 0.05) is 97.5 Å². The van der Waals surface area contributed by atoms with Crippen LogP contribution in [0.3, 0.4) is 0 Å². The van der Waals surface area contributed by atoms with E-state index in [1.807, 2.05) is 66.7 Å². The average Bonchev–Trinajstić information content (AvgIpc) is 0.761. The SMILES string of the molecule is CC1=C(c2ccc(F)cc2)C(=O)C(C(=O)Cc2ccc(Oc3ccnc4cc(C)cnc34)c(F)c2)=NC1.Cc1cnc2c(Oc3ccc(CC(=O)c4nn(C(C)C)c(C)c(-c5ccc(F)cc5)c4=O)cc3F)ccnc2c1.Cc1cnc2c(Oc3ccc(CC(=O)c4nnc(C)c(-c5ccc(F)cc5)c4OC(C)C)cc3F)ccnc2c1.[2H]CF. The largest absolute Gasteiger partial charge is 0.488 e. The molecule has 0 spiro atoms. The van der Waals surface area contributed by atoms with Crippen molar-refractivity contribution in [1.82, 2.24) is 49.9 Å². The number of aromatic nitrogens is 10. The highest BCUT2D eigenvalue weighted by Crippen LogP contribution is 2.39. The number of carbonyl (C=O) groups excluding carboxylic acids is 4. The molecule has 119 heavy (non-hydrogen) atoms. The van der Waals surface area contributed by atoms with E-state index in [-0.39, 0.29) is 89.4 Å². The number of allylic oxidation sites excluding steroid dienone is 1. The van der Waals surface area contributed by atoms with Gasteiger partial charge in [-0.25, -0.2) is 26.3 Å². The molecule has 27 heteroatoms. The molecule has 20 nitrogen and oxygen atoms in total. The van der Waals surface area contributed by atoms with Gasteiger partial charge in [0.05, 0.1) is 49.0 Å². The Hall–Kier alpha value is -14.2. The summed E-state index contributed by atoms with van der Waals surface area (Å²) in [6.45, 7) is 18.5. The van der Waals surface area contributed by atoms with E-state index >= 15 is 8.78 Å². The Labute approximate surface area is 679 Å². The van der Waals surface area contributed by atoms with Crippen molar-refractivity contribution in [3.05, 3.63) is 313 Å². The zero-order chi connectivity index (χ0) is 85.8. The van der Waals surface area contributed by atoms with Crippen molar-refractivity contribution in [2.24, 2.45) is 4.99 Å².